The highest BCUT2D eigenvalue weighted by Crippen LogP contribution is 2.69. The van der Waals surface area contributed by atoms with Gasteiger partial charge in [-0.25, -0.2) is 0 Å². The molecule has 0 saturated heterocycles. The van der Waals surface area contributed by atoms with Crippen molar-refractivity contribution in [1.29, 1.82) is 0 Å². The molecule has 8 heteroatoms. The average Bonchev–Trinajstić information content (AvgIpc) is 3.09. The lowest BCUT2D eigenvalue weighted by atomic mass is 9.44. The molecule has 3 aliphatic rings. The number of aromatic hydroxyl groups is 1. The van der Waals surface area contributed by atoms with Gasteiger partial charge in [0.15, 0.2) is 0 Å². The summed E-state index contributed by atoms with van der Waals surface area (Å²) in [6, 6.07) is 5.40. The normalized spacial score (nSPS) is 35.7. The Morgan fingerprint density at radius 1 is 1.17 bits per heavy atom. The highest BCUT2D eigenvalue weighted by molar-refractivity contribution is 5.43. The van der Waals surface area contributed by atoms with Crippen LogP contribution in [-0.4, -0.2) is 39.6 Å². The van der Waals surface area contributed by atoms with Gasteiger partial charge in [0.05, 0.1) is 6.10 Å². The van der Waals surface area contributed by atoms with Gasteiger partial charge in [-0.1, -0.05) is 31.9 Å². The van der Waals surface area contributed by atoms with Crippen molar-refractivity contribution >= 4 is 0 Å². The summed E-state index contributed by atoms with van der Waals surface area (Å²) in [7, 11) is 0. The monoisotopic (exact) mass is 502 g/mol. The van der Waals surface area contributed by atoms with Gasteiger partial charge in [0.25, 0.3) is 0 Å². The minimum absolute atomic E-state index is 0.0439. The van der Waals surface area contributed by atoms with Crippen molar-refractivity contribution < 1.29 is 37.3 Å². The van der Waals surface area contributed by atoms with Crippen LogP contribution in [0.4, 0.5) is 22.0 Å². The maximum absolute atomic E-state index is 13.4. The molecule has 0 bridgehead atoms. The molecule has 4 rings (SSSR count). The van der Waals surface area contributed by atoms with E-state index in [-0.39, 0.29) is 40.8 Å². The number of aryl methyl sites for hydroxylation is 1. The zero-order valence-corrected chi connectivity index (χ0v) is 20.0. The lowest BCUT2D eigenvalue weighted by Gasteiger charge is -2.60. The maximum atomic E-state index is 13.4. The molecule has 2 saturated carbocycles. The summed E-state index contributed by atoms with van der Waals surface area (Å²) in [4.78, 5) is 0. The van der Waals surface area contributed by atoms with Crippen molar-refractivity contribution in [3.05, 3.63) is 42.0 Å². The van der Waals surface area contributed by atoms with Gasteiger partial charge in [0, 0.05) is 0 Å². The van der Waals surface area contributed by atoms with Crippen molar-refractivity contribution in [3.63, 3.8) is 0 Å². The number of hydrogen-bond donors (Lipinski definition) is 3. The third-order valence-electron chi connectivity index (χ3n) is 9.46. The molecule has 35 heavy (non-hydrogen) atoms. The number of fused-ring (bicyclic) bond motifs is 5. The van der Waals surface area contributed by atoms with Crippen LogP contribution in [0.3, 0.4) is 0 Å². The number of phenolic OH excluding ortho intramolecular Hbond substituents is 1. The molecule has 1 aromatic carbocycles. The molecule has 3 aliphatic carbocycles. The smallest absolute Gasteiger partial charge is 0.456 e. The van der Waals surface area contributed by atoms with Crippen molar-refractivity contribution in [1.82, 2.24) is 0 Å². The zero-order chi connectivity index (χ0) is 25.8. The topological polar surface area (TPSA) is 60.7 Å². The molecule has 7 atom stereocenters. The number of aliphatic hydroxyl groups is 2. The van der Waals surface area contributed by atoms with Crippen LogP contribution in [0, 0.1) is 22.7 Å². The fraction of sp³-hybridized carbons (Fsp3) is 0.704. The van der Waals surface area contributed by atoms with Crippen LogP contribution >= 0.6 is 0 Å². The molecule has 2 fully saturated rings. The number of benzene rings is 1. The SMILES string of the molecule is C=CC12CCc3cc(O)ccc3[C@H]1[C@@H](CCCC[C@H](O)C(F)(F)C(F)(F)F)C[C@]1(C)[C@@H](O)CC[C@@H]21. The number of halogens is 5. The summed E-state index contributed by atoms with van der Waals surface area (Å²) in [6.07, 6.45) is -2.66. The van der Waals surface area contributed by atoms with Crippen molar-refractivity contribution in [2.24, 2.45) is 22.7 Å². The van der Waals surface area contributed by atoms with Crippen molar-refractivity contribution in [2.75, 3.05) is 0 Å². The Kier molecular flexibility index (Phi) is 6.80. The zero-order valence-electron chi connectivity index (χ0n) is 20.0. The van der Waals surface area contributed by atoms with Crippen molar-refractivity contribution in [3.8, 4) is 5.75 Å². The minimum Gasteiger partial charge on any atom is -0.508 e. The van der Waals surface area contributed by atoms with Crippen molar-refractivity contribution in [2.45, 2.75) is 94.9 Å². The van der Waals surface area contributed by atoms with Gasteiger partial charge in [-0.2, -0.15) is 22.0 Å². The van der Waals surface area contributed by atoms with Crippen LogP contribution in [0.5, 0.6) is 5.75 Å². The number of rotatable bonds is 7. The van der Waals surface area contributed by atoms with E-state index in [1.165, 1.54) is 0 Å². The number of allylic oxidation sites excluding steroid dienone is 1. The predicted octanol–water partition coefficient (Wildman–Crippen LogP) is 6.51. The van der Waals surface area contributed by atoms with E-state index in [1.54, 1.807) is 12.1 Å². The highest BCUT2D eigenvalue weighted by Gasteiger charge is 2.64. The molecule has 1 unspecified atom stereocenters. The molecule has 3 nitrogen and oxygen atoms in total. The van der Waals surface area contributed by atoms with Crippen LogP contribution in [0.2, 0.25) is 0 Å². The van der Waals surface area contributed by atoms with E-state index in [9.17, 15) is 37.3 Å². The van der Waals surface area contributed by atoms with Crippen LogP contribution in [0.15, 0.2) is 30.9 Å². The van der Waals surface area contributed by atoms with E-state index in [2.05, 4.69) is 13.5 Å². The molecule has 0 amide bonds. The lowest BCUT2D eigenvalue weighted by molar-refractivity contribution is -0.313. The summed E-state index contributed by atoms with van der Waals surface area (Å²) >= 11 is 0. The first-order valence-corrected chi connectivity index (χ1v) is 12.5. The quantitative estimate of drug-likeness (QED) is 0.226. The fourth-order valence-electron chi connectivity index (χ4n) is 7.81. The molecular formula is C27H35F5O3. The van der Waals surface area contributed by atoms with Gasteiger partial charge < -0.3 is 15.3 Å². The first-order valence-electron chi connectivity index (χ1n) is 12.5. The van der Waals surface area contributed by atoms with E-state index in [0.717, 1.165) is 36.8 Å². The van der Waals surface area contributed by atoms with Gasteiger partial charge in [0.1, 0.15) is 11.9 Å². The molecular weight excluding hydrogens is 467 g/mol. The Morgan fingerprint density at radius 3 is 2.54 bits per heavy atom. The van der Waals surface area contributed by atoms with Gasteiger partial charge in [-0.3, -0.25) is 0 Å². The molecule has 196 valence electrons. The minimum atomic E-state index is -5.78. The molecule has 0 aliphatic heterocycles. The molecule has 0 heterocycles. The number of hydrogen-bond acceptors (Lipinski definition) is 3. The predicted molar refractivity (Wildman–Crippen MR) is 122 cm³/mol. The van der Waals surface area contributed by atoms with Gasteiger partial charge >= 0.3 is 12.1 Å². The van der Waals surface area contributed by atoms with Crippen LogP contribution < -0.4 is 0 Å². The number of unbranched alkanes of at least 4 members (excludes halogenated alkanes) is 1. The molecule has 0 spiro atoms. The first kappa shape index (κ1) is 26.4. The Hall–Kier alpha value is -1.67. The second-order valence-electron chi connectivity index (χ2n) is 11.2. The molecule has 3 N–H and O–H groups in total. The van der Waals surface area contributed by atoms with E-state index < -0.39 is 30.7 Å². The van der Waals surface area contributed by atoms with E-state index in [1.807, 2.05) is 12.1 Å². The third kappa shape index (κ3) is 4.18. The maximum Gasteiger partial charge on any atom is 0.456 e. The second kappa shape index (κ2) is 9.02. The Bertz CT molecular complexity index is 947. The summed E-state index contributed by atoms with van der Waals surface area (Å²) in [5.74, 6) is -4.57. The lowest BCUT2D eigenvalue weighted by Crippen LogP contribution is -2.54. The summed E-state index contributed by atoms with van der Waals surface area (Å²) in [5.41, 5.74) is 1.61. The van der Waals surface area contributed by atoms with Crippen LogP contribution in [0.1, 0.15) is 75.3 Å². The number of alkyl halides is 5. The molecule has 0 radical (unpaired) electrons. The van der Waals surface area contributed by atoms with Gasteiger partial charge in [-0.05, 0) is 96.8 Å². The summed E-state index contributed by atoms with van der Waals surface area (Å²) < 4.78 is 64.5. The van der Waals surface area contributed by atoms with E-state index in [0.29, 0.717) is 19.3 Å². The summed E-state index contributed by atoms with van der Waals surface area (Å²) in [5, 5.41) is 30.5. The molecule has 0 aromatic heterocycles. The van der Waals surface area contributed by atoms with Gasteiger partial charge in [-0.15, -0.1) is 6.58 Å². The van der Waals surface area contributed by atoms with E-state index >= 15 is 0 Å². The molecule has 1 aromatic rings. The third-order valence-corrected chi connectivity index (χ3v) is 9.46. The van der Waals surface area contributed by atoms with Crippen LogP contribution in [0.25, 0.3) is 0 Å². The number of phenols is 1. The average molecular weight is 503 g/mol. The highest BCUT2D eigenvalue weighted by atomic mass is 19.4. The first-order chi connectivity index (χ1) is 16.3. The van der Waals surface area contributed by atoms with Gasteiger partial charge in [0.2, 0.25) is 0 Å². The standard InChI is InChI=1S/C27H35F5O3/c1-3-25-13-12-16-14-18(33)8-9-19(16)23(25)17(15-24(2)20(25)10-11-21(24)34)6-4-5-7-22(35)26(28,29)27(30,31)32/h3,8-9,14,17,20-23,33-35H,1,4-7,10-13,15H2,2H3/t17-,20+,21-,22-,23+,24-,25?/m0/s1. The summed E-state index contributed by atoms with van der Waals surface area (Å²) in [6.45, 7) is 6.33. The number of aliphatic hydroxyl groups excluding tert-OH is 2. The second-order valence-corrected chi connectivity index (χ2v) is 11.2. The Labute approximate surface area is 203 Å². The Morgan fingerprint density at radius 2 is 1.89 bits per heavy atom. The fourth-order valence-corrected chi connectivity index (χ4v) is 7.81. The largest absolute Gasteiger partial charge is 0.508 e. The Balaban J connectivity index is 1.58. The van der Waals surface area contributed by atoms with E-state index in [4.69, 9.17) is 0 Å². The van der Waals surface area contributed by atoms with Crippen LogP contribution in [-0.2, 0) is 6.42 Å².